The van der Waals surface area contributed by atoms with Gasteiger partial charge in [0.05, 0.1) is 12.8 Å². The molecular formula is C21H22N2O2S. The second kappa shape index (κ2) is 8.72. The van der Waals surface area contributed by atoms with E-state index < -0.39 is 0 Å². The highest BCUT2D eigenvalue weighted by Crippen LogP contribution is 2.32. The zero-order chi connectivity index (χ0) is 18.4. The van der Waals surface area contributed by atoms with Crippen LogP contribution in [-0.4, -0.2) is 17.1 Å². The summed E-state index contributed by atoms with van der Waals surface area (Å²) < 4.78 is 11.4. The maximum absolute atomic E-state index is 5.99. The van der Waals surface area contributed by atoms with Crippen LogP contribution in [-0.2, 0) is 5.75 Å². The lowest BCUT2D eigenvalue weighted by Gasteiger charge is -2.12. The van der Waals surface area contributed by atoms with Crippen LogP contribution in [0.5, 0.6) is 17.4 Å². The van der Waals surface area contributed by atoms with Gasteiger partial charge in [0.2, 0.25) is 5.88 Å². The molecule has 3 rings (SSSR count). The number of nitrogens with zero attached hydrogens (tertiary/aromatic N) is 2. The minimum absolute atomic E-state index is 0.286. The van der Waals surface area contributed by atoms with Gasteiger partial charge in [0.25, 0.3) is 0 Å². The molecule has 0 aliphatic carbocycles. The van der Waals surface area contributed by atoms with Gasteiger partial charge in [0.1, 0.15) is 0 Å². The van der Waals surface area contributed by atoms with Gasteiger partial charge in [-0.15, -0.1) is 0 Å². The van der Waals surface area contributed by atoms with E-state index in [0.29, 0.717) is 22.5 Å². The van der Waals surface area contributed by atoms with Crippen LogP contribution in [0, 0.1) is 0 Å². The maximum atomic E-state index is 5.99. The van der Waals surface area contributed by atoms with E-state index in [1.807, 2.05) is 48.5 Å². The highest BCUT2D eigenvalue weighted by Gasteiger charge is 2.12. The smallest absolute Gasteiger partial charge is 0.223 e. The summed E-state index contributed by atoms with van der Waals surface area (Å²) in [6, 6.07) is 19.7. The summed E-state index contributed by atoms with van der Waals surface area (Å²) in [5.74, 6) is 2.95. The number of thioether (sulfide) groups is 1. The molecule has 0 bridgehead atoms. The monoisotopic (exact) mass is 366 g/mol. The molecule has 4 nitrogen and oxygen atoms in total. The van der Waals surface area contributed by atoms with Crippen molar-refractivity contribution in [3.8, 4) is 17.4 Å². The van der Waals surface area contributed by atoms with Gasteiger partial charge in [0.15, 0.2) is 16.7 Å². The van der Waals surface area contributed by atoms with E-state index >= 15 is 0 Å². The summed E-state index contributed by atoms with van der Waals surface area (Å²) in [4.78, 5) is 9.25. The molecular weight excluding hydrogens is 344 g/mol. The van der Waals surface area contributed by atoms with E-state index in [1.165, 1.54) is 5.56 Å². The third-order valence-corrected chi connectivity index (χ3v) is 4.71. The Kier molecular flexibility index (Phi) is 6.12. The number of para-hydroxylation sites is 2. The Labute approximate surface area is 158 Å². The van der Waals surface area contributed by atoms with E-state index in [9.17, 15) is 0 Å². The van der Waals surface area contributed by atoms with Crippen LogP contribution in [0.25, 0.3) is 0 Å². The number of hydrogen-bond acceptors (Lipinski definition) is 5. The van der Waals surface area contributed by atoms with Crippen LogP contribution in [0.3, 0.4) is 0 Å². The highest BCUT2D eigenvalue weighted by atomic mass is 32.2. The van der Waals surface area contributed by atoms with Crippen molar-refractivity contribution in [1.29, 1.82) is 0 Å². The van der Waals surface area contributed by atoms with Crippen molar-refractivity contribution >= 4 is 11.8 Å². The topological polar surface area (TPSA) is 44.2 Å². The summed E-state index contributed by atoms with van der Waals surface area (Å²) in [6.45, 7) is 4.22. The zero-order valence-electron chi connectivity index (χ0n) is 15.2. The molecule has 5 heteroatoms. The van der Waals surface area contributed by atoms with E-state index in [2.05, 4.69) is 35.9 Å². The Morgan fingerprint density at radius 1 is 0.923 bits per heavy atom. The Morgan fingerprint density at radius 2 is 1.62 bits per heavy atom. The van der Waals surface area contributed by atoms with Crippen LogP contribution in [0.15, 0.2) is 65.8 Å². The van der Waals surface area contributed by atoms with Crippen LogP contribution in [0.2, 0.25) is 0 Å². The van der Waals surface area contributed by atoms with E-state index in [4.69, 9.17) is 9.47 Å². The molecule has 0 spiro atoms. The first-order valence-corrected chi connectivity index (χ1v) is 9.51. The summed E-state index contributed by atoms with van der Waals surface area (Å²) >= 11 is 1.61. The van der Waals surface area contributed by atoms with Crippen molar-refractivity contribution in [2.75, 3.05) is 7.11 Å². The standard InChI is InChI=1S/C21H22N2O2S/c1-15(2)17-13-20(25-19-12-8-7-11-18(19)24-3)23-21(22-17)26-14-16-9-5-4-6-10-16/h4-13,15H,14H2,1-3H3. The molecule has 0 unspecified atom stereocenters. The summed E-state index contributed by atoms with van der Waals surface area (Å²) in [6.07, 6.45) is 0. The van der Waals surface area contributed by atoms with Crippen molar-refractivity contribution in [3.63, 3.8) is 0 Å². The van der Waals surface area contributed by atoms with Gasteiger partial charge >= 0.3 is 0 Å². The Morgan fingerprint density at radius 3 is 2.31 bits per heavy atom. The van der Waals surface area contributed by atoms with E-state index in [-0.39, 0.29) is 5.92 Å². The number of methoxy groups -OCH3 is 1. The summed E-state index contributed by atoms with van der Waals surface area (Å²) in [5.41, 5.74) is 2.20. The van der Waals surface area contributed by atoms with Crippen LogP contribution >= 0.6 is 11.8 Å². The molecule has 0 aliphatic heterocycles. The second-order valence-corrected chi connectivity index (χ2v) is 7.04. The van der Waals surface area contributed by atoms with E-state index in [0.717, 1.165) is 11.4 Å². The third-order valence-electron chi connectivity index (χ3n) is 3.79. The molecule has 0 fully saturated rings. The SMILES string of the molecule is COc1ccccc1Oc1cc(C(C)C)nc(SCc2ccccc2)n1. The number of rotatable bonds is 7. The minimum Gasteiger partial charge on any atom is -0.493 e. The first-order valence-electron chi connectivity index (χ1n) is 8.52. The largest absolute Gasteiger partial charge is 0.493 e. The lowest BCUT2D eigenvalue weighted by Crippen LogP contribution is -2.00. The quantitative estimate of drug-likeness (QED) is 0.397. The maximum Gasteiger partial charge on any atom is 0.223 e. The average molecular weight is 366 g/mol. The first kappa shape index (κ1) is 18.3. The average Bonchev–Trinajstić information content (AvgIpc) is 2.67. The normalized spacial score (nSPS) is 10.8. The predicted octanol–water partition coefficient (Wildman–Crippen LogP) is 5.69. The first-order chi connectivity index (χ1) is 12.7. The third kappa shape index (κ3) is 4.76. The fraction of sp³-hybridized carbons (Fsp3) is 0.238. The van der Waals surface area contributed by atoms with Crippen LogP contribution in [0.1, 0.15) is 31.0 Å². The molecule has 0 radical (unpaired) electrons. The zero-order valence-corrected chi connectivity index (χ0v) is 16.0. The molecule has 2 aromatic carbocycles. The van der Waals surface area contributed by atoms with Gasteiger partial charge in [-0.1, -0.05) is 68.1 Å². The number of ether oxygens (including phenoxy) is 2. The minimum atomic E-state index is 0.286. The molecule has 0 saturated heterocycles. The second-order valence-electron chi connectivity index (χ2n) is 6.10. The van der Waals surface area contributed by atoms with Gasteiger partial charge in [0, 0.05) is 11.8 Å². The molecule has 0 aliphatic rings. The fourth-order valence-electron chi connectivity index (χ4n) is 2.37. The number of aromatic nitrogens is 2. The lowest BCUT2D eigenvalue weighted by molar-refractivity contribution is 0.372. The molecule has 1 heterocycles. The number of benzene rings is 2. The molecule has 0 atom stereocenters. The highest BCUT2D eigenvalue weighted by molar-refractivity contribution is 7.98. The van der Waals surface area contributed by atoms with Crippen molar-refractivity contribution in [1.82, 2.24) is 9.97 Å². The molecule has 0 amide bonds. The molecule has 0 saturated carbocycles. The van der Waals surface area contributed by atoms with Crippen LogP contribution < -0.4 is 9.47 Å². The number of hydrogen-bond donors (Lipinski definition) is 0. The van der Waals surface area contributed by atoms with Gasteiger partial charge in [-0.05, 0) is 23.6 Å². The molecule has 1 aromatic heterocycles. The predicted molar refractivity (Wildman–Crippen MR) is 105 cm³/mol. The Balaban J connectivity index is 1.84. The van der Waals surface area contributed by atoms with E-state index in [1.54, 1.807) is 18.9 Å². The van der Waals surface area contributed by atoms with Crippen molar-refractivity contribution < 1.29 is 9.47 Å². The molecule has 26 heavy (non-hydrogen) atoms. The van der Waals surface area contributed by atoms with Gasteiger partial charge in [-0.3, -0.25) is 0 Å². The van der Waals surface area contributed by atoms with Gasteiger partial charge < -0.3 is 9.47 Å². The van der Waals surface area contributed by atoms with Crippen LogP contribution in [0.4, 0.5) is 0 Å². The lowest BCUT2D eigenvalue weighted by atomic mass is 10.1. The molecule has 3 aromatic rings. The van der Waals surface area contributed by atoms with Crippen molar-refractivity contribution in [2.24, 2.45) is 0 Å². The van der Waals surface area contributed by atoms with Gasteiger partial charge in [-0.25, -0.2) is 4.98 Å². The fourth-order valence-corrected chi connectivity index (χ4v) is 3.18. The molecule has 134 valence electrons. The van der Waals surface area contributed by atoms with Crippen molar-refractivity contribution in [3.05, 3.63) is 71.9 Å². The summed E-state index contributed by atoms with van der Waals surface area (Å²) in [7, 11) is 1.63. The Bertz CT molecular complexity index is 854. The molecule has 0 N–H and O–H groups in total. The summed E-state index contributed by atoms with van der Waals surface area (Å²) in [5, 5.41) is 0.713. The van der Waals surface area contributed by atoms with Gasteiger partial charge in [-0.2, -0.15) is 4.98 Å². The Hall–Kier alpha value is -2.53. The van der Waals surface area contributed by atoms with Crippen molar-refractivity contribution in [2.45, 2.75) is 30.7 Å².